The Labute approximate surface area is 56.0 Å². The molecule has 0 saturated carbocycles. The molecule has 0 aliphatic carbocycles. The average Bonchev–Trinajstić information content (AvgIpc) is 1.55. The molecule has 3 heteroatoms. The standard InChI is InChI=1S/C5H11NO.ClH/c1-7-4-5-2-3-6-5;/h5-6H,2-4H2,1H3;1H/t5-;/m0./s1. The molecular weight excluding hydrogens is 126 g/mol. The van der Waals surface area contributed by atoms with E-state index in [0.29, 0.717) is 6.04 Å². The molecule has 1 atom stereocenters. The molecule has 0 unspecified atom stereocenters. The molecule has 1 aliphatic rings. The summed E-state index contributed by atoms with van der Waals surface area (Å²) in [6.45, 7) is 2.05. The normalized spacial score (nSPS) is 25.9. The quantitative estimate of drug-likeness (QED) is 0.596. The molecule has 1 N–H and O–H groups in total. The molecule has 1 saturated heterocycles. The minimum absolute atomic E-state index is 0. The summed E-state index contributed by atoms with van der Waals surface area (Å²) >= 11 is 0. The van der Waals surface area contributed by atoms with E-state index >= 15 is 0 Å². The van der Waals surface area contributed by atoms with E-state index < -0.39 is 0 Å². The Morgan fingerprint density at radius 2 is 2.38 bits per heavy atom. The largest absolute Gasteiger partial charge is 0.383 e. The third-order valence-corrected chi connectivity index (χ3v) is 1.29. The van der Waals surface area contributed by atoms with Crippen LogP contribution < -0.4 is 5.32 Å². The van der Waals surface area contributed by atoms with Crippen molar-refractivity contribution in [3.05, 3.63) is 0 Å². The highest BCUT2D eigenvalue weighted by atomic mass is 35.5. The molecule has 0 radical (unpaired) electrons. The van der Waals surface area contributed by atoms with Crippen LogP contribution in [0, 0.1) is 0 Å². The van der Waals surface area contributed by atoms with Crippen molar-refractivity contribution < 1.29 is 4.74 Å². The van der Waals surface area contributed by atoms with Crippen molar-refractivity contribution in [1.29, 1.82) is 0 Å². The molecule has 0 aromatic rings. The summed E-state index contributed by atoms with van der Waals surface area (Å²) in [7, 11) is 1.74. The topological polar surface area (TPSA) is 21.3 Å². The van der Waals surface area contributed by atoms with Gasteiger partial charge in [-0.1, -0.05) is 0 Å². The first kappa shape index (κ1) is 8.21. The maximum atomic E-state index is 4.88. The fourth-order valence-corrected chi connectivity index (χ4v) is 0.692. The van der Waals surface area contributed by atoms with Crippen LogP contribution in [0.3, 0.4) is 0 Å². The van der Waals surface area contributed by atoms with Crippen LogP contribution >= 0.6 is 12.4 Å². The van der Waals surface area contributed by atoms with Crippen LogP contribution in [0.25, 0.3) is 0 Å². The summed E-state index contributed by atoms with van der Waals surface area (Å²) in [4.78, 5) is 0. The number of ether oxygens (including phenoxy) is 1. The van der Waals surface area contributed by atoms with Crippen molar-refractivity contribution in [3.8, 4) is 0 Å². The Balaban J connectivity index is 0.000000490. The zero-order valence-electron chi connectivity index (χ0n) is 5.02. The molecule has 0 spiro atoms. The number of hydrogen-bond acceptors (Lipinski definition) is 2. The minimum Gasteiger partial charge on any atom is -0.383 e. The second kappa shape index (κ2) is 4.13. The molecule has 0 aromatic heterocycles. The predicted molar refractivity (Wildman–Crippen MR) is 35.5 cm³/mol. The molecule has 2 nitrogen and oxygen atoms in total. The lowest BCUT2D eigenvalue weighted by Gasteiger charge is -2.26. The van der Waals surface area contributed by atoms with Gasteiger partial charge in [-0.15, -0.1) is 12.4 Å². The van der Waals surface area contributed by atoms with Gasteiger partial charge in [0, 0.05) is 13.2 Å². The molecule has 1 fully saturated rings. The number of nitrogens with one attached hydrogen (secondary N) is 1. The number of hydrogen-bond donors (Lipinski definition) is 1. The van der Waals surface area contributed by atoms with E-state index in [-0.39, 0.29) is 12.4 Å². The summed E-state index contributed by atoms with van der Waals surface area (Å²) < 4.78 is 4.88. The van der Waals surface area contributed by atoms with Crippen LogP contribution in [0.2, 0.25) is 0 Å². The fraction of sp³-hybridized carbons (Fsp3) is 1.00. The second-order valence-corrected chi connectivity index (χ2v) is 1.90. The first-order chi connectivity index (χ1) is 3.43. The van der Waals surface area contributed by atoms with Gasteiger partial charge in [-0.05, 0) is 13.0 Å². The van der Waals surface area contributed by atoms with E-state index in [1.54, 1.807) is 7.11 Å². The summed E-state index contributed by atoms with van der Waals surface area (Å²) in [6.07, 6.45) is 1.29. The van der Waals surface area contributed by atoms with Gasteiger partial charge in [-0.3, -0.25) is 0 Å². The Bertz CT molecular complexity index is 56.4. The smallest absolute Gasteiger partial charge is 0.0616 e. The van der Waals surface area contributed by atoms with Gasteiger partial charge in [0.05, 0.1) is 6.61 Å². The van der Waals surface area contributed by atoms with E-state index in [0.717, 1.165) is 6.61 Å². The van der Waals surface area contributed by atoms with E-state index in [4.69, 9.17) is 4.74 Å². The third kappa shape index (κ3) is 1.99. The lowest BCUT2D eigenvalue weighted by atomic mass is 10.1. The van der Waals surface area contributed by atoms with Gasteiger partial charge in [-0.2, -0.15) is 0 Å². The predicted octanol–water partition coefficient (Wildman–Crippen LogP) is 0.416. The van der Waals surface area contributed by atoms with Gasteiger partial charge in [-0.25, -0.2) is 0 Å². The summed E-state index contributed by atoms with van der Waals surface area (Å²) in [5.74, 6) is 0. The lowest BCUT2D eigenvalue weighted by molar-refractivity contribution is 0.139. The maximum absolute atomic E-state index is 4.88. The molecule has 0 bridgehead atoms. The number of methoxy groups -OCH3 is 1. The van der Waals surface area contributed by atoms with Crippen LogP contribution in [-0.4, -0.2) is 26.3 Å². The van der Waals surface area contributed by atoms with Gasteiger partial charge in [0.1, 0.15) is 0 Å². The molecule has 1 heterocycles. The number of halogens is 1. The SMILES string of the molecule is COC[C@@H]1CCN1.Cl. The van der Waals surface area contributed by atoms with Crippen molar-refractivity contribution >= 4 is 12.4 Å². The molecule has 1 aliphatic heterocycles. The first-order valence-corrected chi connectivity index (χ1v) is 2.66. The average molecular weight is 138 g/mol. The maximum Gasteiger partial charge on any atom is 0.0616 e. The van der Waals surface area contributed by atoms with Crippen molar-refractivity contribution in [2.24, 2.45) is 0 Å². The lowest BCUT2D eigenvalue weighted by Crippen LogP contribution is -2.45. The summed E-state index contributed by atoms with van der Waals surface area (Å²) in [5, 5.41) is 3.22. The van der Waals surface area contributed by atoms with Gasteiger partial charge >= 0.3 is 0 Å². The minimum atomic E-state index is 0. The summed E-state index contributed by atoms with van der Waals surface area (Å²) in [5.41, 5.74) is 0. The zero-order chi connectivity index (χ0) is 5.11. The summed E-state index contributed by atoms with van der Waals surface area (Å²) in [6, 6.07) is 0.657. The first-order valence-electron chi connectivity index (χ1n) is 2.66. The number of rotatable bonds is 2. The Kier molecular flexibility index (Phi) is 4.23. The van der Waals surface area contributed by atoms with E-state index in [2.05, 4.69) is 5.32 Å². The zero-order valence-corrected chi connectivity index (χ0v) is 5.83. The van der Waals surface area contributed by atoms with Crippen molar-refractivity contribution in [1.82, 2.24) is 5.32 Å². The van der Waals surface area contributed by atoms with Crippen LogP contribution in [0.5, 0.6) is 0 Å². The Hall–Kier alpha value is 0.210. The van der Waals surface area contributed by atoms with Crippen LogP contribution in [-0.2, 0) is 4.74 Å². The highest BCUT2D eigenvalue weighted by Crippen LogP contribution is 1.99. The van der Waals surface area contributed by atoms with E-state index in [1.165, 1.54) is 13.0 Å². The van der Waals surface area contributed by atoms with Crippen molar-refractivity contribution in [2.75, 3.05) is 20.3 Å². The van der Waals surface area contributed by atoms with Gasteiger partial charge in [0.25, 0.3) is 0 Å². The fourth-order valence-electron chi connectivity index (χ4n) is 0.692. The molecule has 8 heavy (non-hydrogen) atoms. The monoisotopic (exact) mass is 137 g/mol. The molecule has 50 valence electrons. The van der Waals surface area contributed by atoms with E-state index in [9.17, 15) is 0 Å². The van der Waals surface area contributed by atoms with Crippen LogP contribution in [0.4, 0.5) is 0 Å². The highest BCUT2D eigenvalue weighted by molar-refractivity contribution is 5.85. The van der Waals surface area contributed by atoms with E-state index in [1.807, 2.05) is 0 Å². The van der Waals surface area contributed by atoms with Crippen LogP contribution in [0.15, 0.2) is 0 Å². The second-order valence-electron chi connectivity index (χ2n) is 1.90. The molecule has 0 aromatic carbocycles. The molecule has 0 amide bonds. The molecular formula is C5H12ClNO. The van der Waals surface area contributed by atoms with Gasteiger partial charge in [0.2, 0.25) is 0 Å². The van der Waals surface area contributed by atoms with Crippen molar-refractivity contribution in [2.45, 2.75) is 12.5 Å². The highest BCUT2D eigenvalue weighted by Gasteiger charge is 2.14. The Morgan fingerprint density at radius 1 is 1.75 bits per heavy atom. The third-order valence-electron chi connectivity index (χ3n) is 1.29. The van der Waals surface area contributed by atoms with Crippen LogP contribution in [0.1, 0.15) is 6.42 Å². The van der Waals surface area contributed by atoms with Crippen molar-refractivity contribution in [3.63, 3.8) is 0 Å². The molecule has 1 rings (SSSR count). The van der Waals surface area contributed by atoms with Gasteiger partial charge < -0.3 is 10.1 Å². The Morgan fingerprint density at radius 3 is 2.50 bits per heavy atom. The van der Waals surface area contributed by atoms with Gasteiger partial charge in [0.15, 0.2) is 0 Å².